The van der Waals surface area contributed by atoms with Gasteiger partial charge in [-0.3, -0.25) is 0 Å². The van der Waals surface area contributed by atoms with Gasteiger partial charge in [0.1, 0.15) is 7.05 Å². The van der Waals surface area contributed by atoms with Gasteiger partial charge in [-0.15, -0.1) is 0 Å². The van der Waals surface area contributed by atoms with Gasteiger partial charge in [-0.25, -0.2) is 0 Å². The zero-order valence-electron chi connectivity index (χ0n) is 15.1. The summed E-state index contributed by atoms with van der Waals surface area (Å²) in [6.45, 7) is 6.67. The van der Waals surface area contributed by atoms with Gasteiger partial charge in [-0.05, 0) is 45.6 Å². The first-order chi connectivity index (χ1) is 11.5. The Morgan fingerprint density at radius 2 is 1.96 bits per heavy atom. The van der Waals surface area contributed by atoms with Gasteiger partial charge in [0, 0.05) is 28.7 Å². The van der Waals surface area contributed by atoms with Gasteiger partial charge in [0.05, 0.1) is 5.41 Å². The van der Waals surface area contributed by atoms with Crippen LogP contribution < -0.4 is 0 Å². The molecule has 3 rings (SSSR count). The van der Waals surface area contributed by atoms with Gasteiger partial charge in [0.2, 0.25) is 5.69 Å². The molecular formula is C22H27ClN+. The fourth-order valence-electron chi connectivity index (χ4n) is 4.05. The number of para-hydroxylation sites is 1. The highest BCUT2D eigenvalue weighted by Gasteiger charge is 2.42. The molecule has 24 heavy (non-hydrogen) atoms. The van der Waals surface area contributed by atoms with Crippen LogP contribution in [-0.2, 0) is 5.41 Å². The summed E-state index contributed by atoms with van der Waals surface area (Å²) in [4.78, 5) is 0. The molecule has 0 N–H and O–H groups in total. The van der Waals surface area contributed by atoms with Crippen LogP contribution in [0.25, 0.3) is 0 Å². The van der Waals surface area contributed by atoms with Crippen molar-refractivity contribution < 1.29 is 4.58 Å². The highest BCUT2D eigenvalue weighted by atomic mass is 35.5. The smallest absolute Gasteiger partial charge is 0.198 e. The third-order valence-corrected chi connectivity index (χ3v) is 5.92. The van der Waals surface area contributed by atoms with Gasteiger partial charge >= 0.3 is 0 Å². The SMILES string of the molecule is CC=CC1CCCC(C=CC2=[N+](C)c3ccccc3C2(C)C)=C1Cl. The Bertz CT molecular complexity index is 762. The molecule has 0 radical (unpaired) electrons. The minimum atomic E-state index is 0.0201. The van der Waals surface area contributed by atoms with Crippen LogP contribution in [0.3, 0.4) is 0 Å². The first-order valence-electron chi connectivity index (χ1n) is 8.87. The molecule has 0 saturated heterocycles. The van der Waals surface area contributed by atoms with Crippen molar-refractivity contribution in [3.05, 3.63) is 64.7 Å². The number of hydrogen-bond acceptors (Lipinski definition) is 0. The van der Waals surface area contributed by atoms with E-state index in [4.69, 9.17) is 11.6 Å². The van der Waals surface area contributed by atoms with E-state index in [9.17, 15) is 0 Å². The Hall–Kier alpha value is -1.60. The van der Waals surface area contributed by atoms with Crippen LogP contribution in [-0.4, -0.2) is 17.3 Å². The Kier molecular flexibility index (Phi) is 4.83. The zero-order chi connectivity index (χ0) is 17.3. The van der Waals surface area contributed by atoms with Crippen molar-refractivity contribution in [3.63, 3.8) is 0 Å². The van der Waals surface area contributed by atoms with Gasteiger partial charge in [-0.2, -0.15) is 4.58 Å². The molecule has 1 nitrogen and oxygen atoms in total. The first-order valence-corrected chi connectivity index (χ1v) is 9.24. The van der Waals surface area contributed by atoms with E-state index < -0.39 is 0 Å². The largest absolute Gasteiger partial charge is 0.209 e. The summed E-state index contributed by atoms with van der Waals surface area (Å²) in [5.74, 6) is 0.390. The lowest BCUT2D eigenvalue weighted by Gasteiger charge is -2.21. The molecule has 2 heteroatoms. The summed E-state index contributed by atoms with van der Waals surface area (Å²) in [6.07, 6.45) is 12.3. The maximum Gasteiger partial charge on any atom is 0.209 e. The minimum Gasteiger partial charge on any atom is -0.198 e. The van der Waals surface area contributed by atoms with Gasteiger partial charge in [0.25, 0.3) is 0 Å². The monoisotopic (exact) mass is 340 g/mol. The van der Waals surface area contributed by atoms with Crippen molar-refractivity contribution in [1.29, 1.82) is 0 Å². The molecule has 1 aliphatic carbocycles. The maximum atomic E-state index is 6.66. The number of hydrogen-bond donors (Lipinski definition) is 0. The topological polar surface area (TPSA) is 3.01 Å². The Morgan fingerprint density at radius 1 is 1.21 bits per heavy atom. The maximum absolute atomic E-state index is 6.66. The van der Waals surface area contributed by atoms with E-state index in [0.717, 1.165) is 17.9 Å². The summed E-state index contributed by atoms with van der Waals surface area (Å²) in [7, 11) is 2.16. The fourth-order valence-corrected chi connectivity index (χ4v) is 4.39. The fraction of sp³-hybridized carbons (Fsp3) is 0.409. The van der Waals surface area contributed by atoms with E-state index in [1.807, 2.05) is 0 Å². The molecule has 126 valence electrons. The van der Waals surface area contributed by atoms with Crippen molar-refractivity contribution >= 4 is 23.0 Å². The van der Waals surface area contributed by atoms with Gasteiger partial charge in [0.15, 0.2) is 5.71 Å². The standard InChI is InChI=1S/C22H27ClN/c1-5-9-16-10-8-11-17(21(16)23)14-15-20-22(2,3)18-12-6-7-13-19(18)24(20)4/h5-7,9,12-16H,8,10-11H2,1-4H3/q+1. The third kappa shape index (κ3) is 2.91. The summed E-state index contributed by atoms with van der Waals surface area (Å²) < 4.78 is 2.31. The summed E-state index contributed by atoms with van der Waals surface area (Å²) in [6, 6.07) is 8.68. The lowest BCUT2D eigenvalue weighted by molar-refractivity contribution is -0.401. The second-order valence-electron chi connectivity index (χ2n) is 7.32. The number of halogens is 1. The predicted molar refractivity (Wildman–Crippen MR) is 104 cm³/mol. The van der Waals surface area contributed by atoms with Gasteiger partial charge < -0.3 is 0 Å². The van der Waals surface area contributed by atoms with Crippen LogP contribution in [0.4, 0.5) is 5.69 Å². The van der Waals surface area contributed by atoms with Crippen molar-refractivity contribution in [1.82, 2.24) is 0 Å². The number of fused-ring (bicyclic) bond motifs is 1. The van der Waals surface area contributed by atoms with E-state index >= 15 is 0 Å². The molecule has 0 saturated carbocycles. The minimum absolute atomic E-state index is 0.0201. The number of benzene rings is 1. The van der Waals surface area contributed by atoms with E-state index in [1.165, 1.54) is 29.0 Å². The van der Waals surface area contributed by atoms with Crippen LogP contribution in [0.5, 0.6) is 0 Å². The average molecular weight is 341 g/mol. The molecule has 0 amide bonds. The molecule has 1 heterocycles. The van der Waals surface area contributed by atoms with Gasteiger partial charge in [-0.1, -0.05) is 48.0 Å². The van der Waals surface area contributed by atoms with Crippen LogP contribution in [0.2, 0.25) is 0 Å². The number of rotatable bonds is 3. The number of nitrogens with zero attached hydrogens (tertiary/aromatic N) is 1. The highest BCUT2D eigenvalue weighted by molar-refractivity contribution is 6.30. The Morgan fingerprint density at radius 3 is 2.67 bits per heavy atom. The average Bonchev–Trinajstić information content (AvgIpc) is 2.76. The predicted octanol–water partition coefficient (Wildman–Crippen LogP) is 6.12. The third-order valence-electron chi connectivity index (χ3n) is 5.40. The van der Waals surface area contributed by atoms with Crippen molar-refractivity contribution in [3.8, 4) is 0 Å². The first kappa shape index (κ1) is 17.2. The van der Waals surface area contributed by atoms with E-state index in [0.29, 0.717) is 5.92 Å². The molecule has 0 spiro atoms. The highest BCUT2D eigenvalue weighted by Crippen LogP contribution is 2.40. The van der Waals surface area contributed by atoms with Crippen molar-refractivity contribution in [2.45, 2.75) is 45.4 Å². The second kappa shape index (κ2) is 6.72. The molecule has 1 unspecified atom stereocenters. The Balaban J connectivity index is 1.95. The summed E-state index contributed by atoms with van der Waals surface area (Å²) in [5, 5.41) is 1.02. The van der Waals surface area contributed by atoms with Crippen LogP contribution in [0.15, 0.2) is 59.2 Å². The zero-order valence-corrected chi connectivity index (χ0v) is 15.9. The normalized spacial score (nSPS) is 23.6. The van der Waals surface area contributed by atoms with Crippen LogP contribution in [0, 0.1) is 5.92 Å². The quantitative estimate of drug-likeness (QED) is 0.460. The Labute approximate surface area is 151 Å². The van der Waals surface area contributed by atoms with Crippen molar-refractivity contribution in [2.24, 2.45) is 5.92 Å². The van der Waals surface area contributed by atoms with E-state index in [1.54, 1.807) is 0 Å². The van der Waals surface area contributed by atoms with Crippen molar-refractivity contribution in [2.75, 3.05) is 7.05 Å². The molecule has 1 aromatic rings. The molecule has 0 aromatic heterocycles. The van der Waals surface area contributed by atoms with E-state index in [2.05, 4.69) is 81.0 Å². The lowest BCUT2D eigenvalue weighted by atomic mass is 9.81. The molecule has 1 atom stereocenters. The summed E-state index contributed by atoms with van der Waals surface area (Å²) >= 11 is 6.66. The lowest BCUT2D eigenvalue weighted by Crippen LogP contribution is -2.26. The number of allylic oxidation sites excluding steroid dienone is 6. The molecule has 1 aromatic carbocycles. The molecule has 0 bridgehead atoms. The van der Waals surface area contributed by atoms with E-state index in [-0.39, 0.29) is 5.41 Å². The van der Waals surface area contributed by atoms with Crippen LogP contribution >= 0.6 is 11.6 Å². The van der Waals surface area contributed by atoms with Crippen LogP contribution in [0.1, 0.15) is 45.6 Å². The molecular weight excluding hydrogens is 314 g/mol. The summed E-state index contributed by atoms with van der Waals surface area (Å²) in [5.41, 5.74) is 5.33. The second-order valence-corrected chi connectivity index (χ2v) is 7.72. The molecule has 2 aliphatic rings. The molecule has 1 aliphatic heterocycles. The molecule has 0 fully saturated rings.